The molecule has 0 aliphatic heterocycles. The van der Waals surface area contributed by atoms with Crippen LogP contribution in [0, 0.1) is 23.7 Å². The van der Waals surface area contributed by atoms with E-state index in [1.54, 1.807) is 0 Å². The summed E-state index contributed by atoms with van der Waals surface area (Å²) in [5.74, 6) is 3.98. The van der Waals surface area contributed by atoms with E-state index < -0.39 is 0 Å². The van der Waals surface area contributed by atoms with E-state index in [0.29, 0.717) is 11.9 Å². The standard InChI is InChI=1S/C16H18ClNO/c17-8-9-1-3-10(4-2-9)16(19)18-15-13-11-5-6-12(7-11)14(13)15/h1-4,11-15H,5-8H2,(H,18,19). The third kappa shape index (κ3) is 1.80. The van der Waals surface area contributed by atoms with Crippen molar-refractivity contribution in [3.05, 3.63) is 35.4 Å². The smallest absolute Gasteiger partial charge is 0.251 e. The number of hydrogen-bond donors (Lipinski definition) is 1. The van der Waals surface area contributed by atoms with E-state index >= 15 is 0 Å². The fourth-order valence-electron chi connectivity index (χ4n) is 4.50. The minimum atomic E-state index is 0.0833. The monoisotopic (exact) mass is 275 g/mol. The van der Waals surface area contributed by atoms with Gasteiger partial charge in [-0.2, -0.15) is 0 Å². The fraction of sp³-hybridized carbons (Fsp3) is 0.562. The Kier molecular flexibility index (Phi) is 2.63. The van der Waals surface area contributed by atoms with Crippen molar-refractivity contribution in [3.63, 3.8) is 0 Å². The van der Waals surface area contributed by atoms with Crippen LogP contribution >= 0.6 is 11.6 Å². The number of alkyl halides is 1. The molecule has 0 spiro atoms. The largest absolute Gasteiger partial charge is 0.349 e. The van der Waals surface area contributed by atoms with Crippen LogP contribution in [0.15, 0.2) is 24.3 Å². The first-order chi connectivity index (χ1) is 9.28. The van der Waals surface area contributed by atoms with Crippen molar-refractivity contribution >= 4 is 17.5 Å². The fourth-order valence-corrected chi connectivity index (χ4v) is 4.68. The molecule has 3 aliphatic carbocycles. The second kappa shape index (κ2) is 4.24. The molecule has 0 radical (unpaired) electrons. The van der Waals surface area contributed by atoms with Gasteiger partial charge in [0, 0.05) is 17.5 Å². The van der Waals surface area contributed by atoms with Gasteiger partial charge in [0.1, 0.15) is 0 Å². The first-order valence-corrected chi connectivity index (χ1v) is 7.77. The van der Waals surface area contributed by atoms with Gasteiger partial charge in [-0.25, -0.2) is 0 Å². The summed E-state index contributed by atoms with van der Waals surface area (Å²) in [6.07, 6.45) is 4.21. The van der Waals surface area contributed by atoms with E-state index in [4.69, 9.17) is 11.6 Å². The Labute approximate surface area is 118 Å². The van der Waals surface area contributed by atoms with Crippen LogP contribution in [0.25, 0.3) is 0 Å². The number of nitrogens with one attached hydrogen (secondary N) is 1. The molecule has 1 aromatic rings. The Balaban J connectivity index is 1.42. The average Bonchev–Trinajstić information content (AvgIpc) is 2.85. The average molecular weight is 276 g/mol. The summed E-state index contributed by atoms with van der Waals surface area (Å²) in [7, 11) is 0. The van der Waals surface area contributed by atoms with Crippen LogP contribution in [0.3, 0.4) is 0 Å². The number of hydrogen-bond acceptors (Lipinski definition) is 1. The van der Waals surface area contributed by atoms with E-state index in [1.807, 2.05) is 24.3 Å². The number of carbonyl (C=O) groups is 1. The van der Waals surface area contributed by atoms with Crippen molar-refractivity contribution in [1.29, 1.82) is 0 Å². The lowest BCUT2D eigenvalue weighted by Crippen LogP contribution is -2.29. The summed E-state index contributed by atoms with van der Waals surface area (Å²) in [6, 6.07) is 8.07. The molecule has 3 aliphatic rings. The second-order valence-electron chi connectivity index (χ2n) is 6.32. The van der Waals surface area contributed by atoms with Crippen molar-refractivity contribution in [2.45, 2.75) is 31.2 Å². The van der Waals surface area contributed by atoms with E-state index in [2.05, 4.69) is 5.32 Å². The van der Waals surface area contributed by atoms with Crippen LogP contribution in [0.5, 0.6) is 0 Å². The molecule has 19 heavy (non-hydrogen) atoms. The third-order valence-corrected chi connectivity index (χ3v) is 5.71. The minimum Gasteiger partial charge on any atom is -0.349 e. The molecule has 1 N–H and O–H groups in total. The lowest BCUT2D eigenvalue weighted by Gasteiger charge is -2.10. The number of halogens is 1. The number of amides is 1. The molecule has 2 nitrogen and oxygen atoms in total. The lowest BCUT2D eigenvalue weighted by molar-refractivity contribution is 0.0944. The van der Waals surface area contributed by atoms with Gasteiger partial charge in [0.15, 0.2) is 0 Å². The van der Waals surface area contributed by atoms with Crippen LogP contribution in [-0.2, 0) is 5.88 Å². The SMILES string of the molecule is O=C(NC1C2C3CCC(C3)C12)c1ccc(CCl)cc1. The molecule has 3 saturated carbocycles. The van der Waals surface area contributed by atoms with Crippen LogP contribution in [-0.4, -0.2) is 11.9 Å². The normalized spacial score (nSPS) is 38.1. The van der Waals surface area contributed by atoms with Crippen LogP contribution < -0.4 is 5.32 Å². The Hall–Kier alpha value is -1.02. The maximum atomic E-state index is 12.2. The van der Waals surface area contributed by atoms with E-state index in [0.717, 1.165) is 34.8 Å². The molecule has 2 bridgehead atoms. The molecule has 4 unspecified atom stereocenters. The van der Waals surface area contributed by atoms with Crippen molar-refractivity contribution in [3.8, 4) is 0 Å². The van der Waals surface area contributed by atoms with Gasteiger partial charge >= 0.3 is 0 Å². The minimum absolute atomic E-state index is 0.0833. The lowest BCUT2D eigenvalue weighted by atomic mass is 10.0. The summed E-state index contributed by atoms with van der Waals surface area (Å²) in [4.78, 5) is 12.2. The molecule has 0 aromatic heterocycles. The third-order valence-electron chi connectivity index (χ3n) is 5.40. The van der Waals surface area contributed by atoms with Crippen molar-refractivity contribution < 1.29 is 4.79 Å². The quantitative estimate of drug-likeness (QED) is 0.844. The molecule has 100 valence electrons. The van der Waals surface area contributed by atoms with Gasteiger partial charge < -0.3 is 5.32 Å². The van der Waals surface area contributed by atoms with Gasteiger partial charge in [0.2, 0.25) is 0 Å². The molecular weight excluding hydrogens is 258 g/mol. The van der Waals surface area contributed by atoms with Crippen molar-refractivity contribution in [2.75, 3.05) is 0 Å². The maximum Gasteiger partial charge on any atom is 0.251 e. The Morgan fingerprint density at radius 3 is 2.37 bits per heavy atom. The highest BCUT2D eigenvalue weighted by Crippen LogP contribution is 2.65. The van der Waals surface area contributed by atoms with Gasteiger partial charge in [-0.3, -0.25) is 4.79 Å². The predicted octanol–water partition coefficient (Wildman–Crippen LogP) is 3.20. The highest BCUT2D eigenvalue weighted by Gasteiger charge is 2.65. The first kappa shape index (κ1) is 11.8. The summed E-state index contributed by atoms with van der Waals surface area (Å²) < 4.78 is 0. The summed E-state index contributed by atoms with van der Waals surface area (Å²) in [5.41, 5.74) is 1.81. The number of benzene rings is 1. The summed E-state index contributed by atoms with van der Waals surface area (Å²) in [6.45, 7) is 0. The van der Waals surface area contributed by atoms with Crippen LogP contribution in [0.4, 0.5) is 0 Å². The van der Waals surface area contributed by atoms with Gasteiger partial charge in [-0.05, 0) is 60.6 Å². The molecule has 0 heterocycles. The van der Waals surface area contributed by atoms with Crippen molar-refractivity contribution in [2.24, 2.45) is 23.7 Å². The van der Waals surface area contributed by atoms with E-state index in [-0.39, 0.29) is 5.91 Å². The van der Waals surface area contributed by atoms with Crippen molar-refractivity contribution in [1.82, 2.24) is 5.32 Å². The summed E-state index contributed by atoms with van der Waals surface area (Å²) in [5, 5.41) is 3.24. The molecular formula is C16H18ClNO. The van der Waals surface area contributed by atoms with E-state index in [9.17, 15) is 4.79 Å². The van der Waals surface area contributed by atoms with Gasteiger partial charge in [0.25, 0.3) is 5.91 Å². The maximum absolute atomic E-state index is 12.2. The van der Waals surface area contributed by atoms with Crippen LogP contribution in [0.2, 0.25) is 0 Å². The molecule has 1 amide bonds. The van der Waals surface area contributed by atoms with Gasteiger partial charge in [0.05, 0.1) is 0 Å². The second-order valence-corrected chi connectivity index (χ2v) is 6.58. The topological polar surface area (TPSA) is 29.1 Å². The number of rotatable bonds is 3. The number of fused-ring (bicyclic) bond motifs is 5. The highest BCUT2D eigenvalue weighted by molar-refractivity contribution is 6.17. The molecule has 1 aromatic carbocycles. The zero-order valence-corrected chi connectivity index (χ0v) is 11.6. The Bertz CT molecular complexity index is 496. The van der Waals surface area contributed by atoms with Gasteiger partial charge in [-0.15, -0.1) is 11.6 Å². The molecule has 4 atom stereocenters. The van der Waals surface area contributed by atoms with E-state index in [1.165, 1.54) is 19.3 Å². The zero-order valence-electron chi connectivity index (χ0n) is 10.8. The molecule has 0 saturated heterocycles. The molecule has 3 heteroatoms. The number of carbonyl (C=O) groups excluding carboxylic acids is 1. The molecule has 3 fully saturated rings. The summed E-state index contributed by atoms with van der Waals surface area (Å²) >= 11 is 5.76. The van der Waals surface area contributed by atoms with Crippen LogP contribution in [0.1, 0.15) is 35.2 Å². The zero-order chi connectivity index (χ0) is 13.0. The Morgan fingerprint density at radius 2 is 1.79 bits per heavy atom. The molecule has 4 rings (SSSR count). The predicted molar refractivity (Wildman–Crippen MR) is 75.1 cm³/mol. The Morgan fingerprint density at radius 1 is 1.16 bits per heavy atom. The first-order valence-electron chi connectivity index (χ1n) is 7.23. The highest BCUT2D eigenvalue weighted by atomic mass is 35.5. The van der Waals surface area contributed by atoms with Gasteiger partial charge in [-0.1, -0.05) is 12.1 Å².